The molecule has 24 heavy (non-hydrogen) atoms. The highest BCUT2D eigenvalue weighted by Gasteiger charge is 2.39. The summed E-state index contributed by atoms with van der Waals surface area (Å²) in [6.07, 6.45) is 0. The Morgan fingerprint density at radius 2 is 1.67 bits per heavy atom. The topological polar surface area (TPSA) is 110 Å². The summed E-state index contributed by atoms with van der Waals surface area (Å²) in [5, 5.41) is 23.7. The Labute approximate surface area is 136 Å². The van der Waals surface area contributed by atoms with Crippen molar-refractivity contribution in [2.24, 2.45) is 0 Å². The average Bonchev–Trinajstić information content (AvgIpc) is 2.90. The van der Waals surface area contributed by atoms with E-state index >= 15 is 0 Å². The molecule has 3 rings (SSSR count). The van der Waals surface area contributed by atoms with Gasteiger partial charge in [-0.3, -0.25) is 19.7 Å². The van der Waals surface area contributed by atoms with E-state index in [0.29, 0.717) is 5.56 Å². The summed E-state index contributed by atoms with van der Waals surface area (Å²) in [4.78, 5) is 34.0. The first kappa shape index (κ1) is 15.4. The van der Waals surface area contributed by atoms with Crippen molar-refractivity contribution >= 4 is 23.1 Å². The smallest absolute Gasteiger partial charge is 0.293 e. The molecule has 1 fully saturated rings. The zero-order chi connectivity index (χ0) is 17.3. The van der Waals surface area contributed by atoms with Crippen molar-refractivity contribution in [2.45, 2.75) is 6.04 Å². The van der Waals surface area contributed by atoms with Gasteiger partial charge in [-0.15, -0.1) is 0 Å². The molecule has 7 heteroatoms. The van der Waals surface area contributed by atoms with Crippen molar-refractivity contribution in [1.29, 1.82) is 0 Å². The molecule has 0 radical (unpaired) electrons. The van der Waals surface area contributed by atoms with E-state index in [9.17, 15) is 24.8 Å². The molecule has 1 atom stereocenters. The van der Waals surface area contributed by atoms with Crippen LogP contribution in [0.3, 0.4) is 0 Å². The number of nitrogens with one attached hydrogen (secondary N) is 1. The van der Waals surface area contributed by atoms with Crippen LogP contribution in [0.25, 0.3) is 5.76 Å². The number of Topliss-reactive ketones (excluding diaryl/α,β-unsaturated/α-hetero) is 1. The lowest BCUT2D eigenvalue weighted by Crippen LogP contribution is -2.21. The Hall–Kier alpha value is -3.48. The lowest BCUT2D eigenvalue weighted by Gasteiger charge is -2.13. The van der Waals surface area contributed by atoms with E-state index in [0.717, 1.165) is 0 Å². The first-order chi connectivity index (χ1) is 11.5. The number of aliphatic hydroxyl groups excluding tert-OH is 1. The summed E-state index contributed by atoms with van der Waals surface area (Å²) in [5.74, 6) is -1.99. The number of non-ortho nitro benzene ring substituents is 1. The Morgan fingerprint density at radius 1 is 1.04 bits per heavy atom. The predicted molar refractivity (Wildman–Crippen MR) is 85.0 cm³/mol. The molecule has 0 bridgehead atoms. The summed E-state index contributed by atoms with van der Waals surface area (Å²) < 4.78 is 0. The van der Waals surface area contributed by atoms with Gasteiger partial charge in [0.05, 0.1) is 16.5 Å². The zero-order valence-corrected chi connectivity index (χ0v) is 12.3. The molecule has 2 aromatic rings. The van der Waals surface area contributed by atoms with Gasteiger partial charge < -0.3 is 10.4 Å². The molecule has 120 valence electrons. The van der Waals surface area contributed by atoms with Gasteiger partial charge >= 0.3 is 0 Å². The minimum Gasteiger partial charge on any atom is -0.507 e. The lowest BCUT2D eigenvalue weighted by atomic mass is 9.96. The third-order valence-electron chi connectivity index (χ3n) is 3.75. The molecule has 0 aromatic heterocycles. The third-order valence-corrected chi connectivity index (χ3v) is 3.75. The molecule has 1 aliphatic rings. The zero-order valence-electron chi connectivity index (χ0n) is 12.3. The van der Waals surface area contributed by atoms with Gasteiger partial charge in [-0.1, -0.05) is 30.3 Å². The van der Waals surface area contributed by atoms with Gasteiger partial charge in [0.1, 0.15) is 5.76 Å². The fourth-order valence-electron chi connectivity index (χ4n) is 2.56. The van der Waals surface area contributed by atoms with Crippen molar-refractivity contribution in [3.05, 3.63) is 81.4 Å². The van der Waals surface area contributed by atoms with Gasteiger partial charge in [0, 0.05) is 17.7 Å². The third kappa shape index (κ3) is 2.63. The number of rotatable bonds is 3. The Balaban J connectivity index is 2.08. The number of nitro groups is 1. The highest BCUT2D eigenvalue weighted by atomic mass is 16.6. The second-order valence-electron chi connectivity index (χ2n) is 5.21. The number of amides is 1. The quantitative estimate of drug-likeness (QED) is 0.296. The first-order valence-corrected chi connectivity index (χ1v) is 7.07. The van der Waals surface area contributed by atoms with Gasteiger partial charge in [0.2, 0.25) is 0 Å². The number of nitro benzene ring substituents is 1. The molecule has 0 unspecified atom stereocenters. The van der Waals surface area contributed by atoms with Crippen LogP contribution in [0.1, 0.15) is 17.2 Å². The number of benzene rings is 2. The highest BCUT2D eigenvalue weighted by molar-refractivity contribution is 6.46. The van der Waals surface area contributed by atoms with Crippen molar-refractivity contribution in [2.75, 3.05) is 0 Å². The molecule has 1 heterocycles. The molecule has 2 aromatic carbocycles. The average molecular weight is 324 g/mol. The van der Waals surface area contributed by atoms with Crippen molar-refractivity contribution < 1.29 is 19.6 Å². The van der Waals surface area contributed by atoms with Gasteiger partial charge in [0.15, 0.2) is 0 Å². The van der Waals surface area contributed by atoms with E-state index in [4.69, 9.17) is 0 Å². The van der Waals surface area contributed by atoms with Crippen LogP contribution in [0, 0.1) is 10.1 Å². The largest absolute Gasteiger partial charge is 0.507 e. The molecule has 1 saturated heterocycles. The van der Waals surface area contributed by atoms with Crippen LogP contribution in [-0.4, -0.2) is 21.7 Å². The van der Waals surface area contributed by atoms with Gasteiger partial charge in [-0.05, 0) is 17.7 Å². The van der Waals surface area contributed by atoms with Crippen molar-refractivity contribution in [1.82, 2.24) is 5.32 Å². The standard InChI is InChI=1S/C17H12N2O5/c20-15(11-6-8-12(9-7-11)19(23)24)13-14(18-17(22)16(13)21)10-4-2-1-3-5-10/h1-9,14,20H,(H,18,22)/b15-13-/t14-/m1/s1. The number of carbonyl (C=O) groups is 2. The van der Waals surface area contributed by atoms with E-state index in [1.165, 1.54) is 24.3 Å². The second-order valence-corrected chi connectivity index (χ2v) is 5.21. The molecular weight excluding hydrogens is 312 g/mol. The number of nitrogens with zero attached hydrogens (tertiary/aromatic N) is 1. The van der Waals surface area contributed by atoms with E-state index in [1.807, 2.05) is 0 Å². The maximum Gasteiger partial charge on any atom is 0.293 e. The fourth-order valence-corrected chi connectivity index (χ4v) is 2.56. The second kappa shape index (κ2) is 5.96. The van der Waals surface area contributed by atoms with Crippen LogP contribution in [0.5, 0.6) is 0 Å². The molecule has 0 spiro atoms. The SMILES string of the molecule is O=C1N[C@H](c2ccccc2)/C(=C(/O)c2ccc([N+](=O)[O-])cc2)C1=O. The summed E-state index contributed by atoms with van der Waals surface area (Å²) in [6, 6.07) is 13.1. The summed E-state index contributed by atoms with van der Waals surface area (Å²) in [5.41, 5.74) is 0.671. The molecule has 0 saturated carbocycles. The number of aliphatic hydroxyl groups is 1. The van der Waals surface area contributed by atoms with Crippen LogP contribution >= 0.6 is 0 Å². The van der Waals surface area contributed by atoms with Crippen molar-refractivity contribution in [3.63, 3.8) is 0 Å². The number of ketones is 1. The monoisotopic (exact) mass is 324 g/mol. The number of hydrogen-bond donors (Lipinski definition) is 2. The molecule has 1 aliphatic heterocycles. The molecule has 7 nitrogen and oxygen atoms in total. The summed E-state index contributed by atoms with van der Waals surface area (Å²) in [6.45, 7) is 0. The normalized spacial score (nSPS) is 19.1. The van der Waals surface area contributed by atoms with Gasteiger partial charge in [0.25, 0.3) is 17.4 Å². The van der Waals surface area contributed by atoms with Crippen LogP contribution in [0.15, 0.2) is 60.2 Å². The van der Waals surface area contributed by atoms with Crippen LogP contribution in [0.4, 0.5) is 5.69 Å². The predicted octanol–water partition coefficient (Wildman–Crippen LogP) is 2.30. The maximum atomic E-state index is 12.1. The minimum atomic E-state index is -0.820. The summed E-state index contributed by atoms with van der Waals surface area (Å²) in [7, 11) is 0. The highest BCUT2D eigenvalue weighted by Crippen LogP contribution is 2.33. The van der Waals surface area contributed by atoms with E-state index in [2.05, 4.69) is 5.32 Å². The van der Waals surface area contributed by atoms with Crippen LogP contribution in [-0.2, 0) is 9.59 Å². The van der Waals surface area contributed by atoms with Gasteiger partial charge in [-0.25, -0.2) is 0 Å². The van der Waals surface area contributed by atoms with E-state index in [1.54, 1.807) is 30.3 Å². The molecule has 1 amide bonds. The van der Waals surface area contributed by atoms with Gasteiger partial charge in [-0.2, -0.15) is 0 Å². The Kier molecular flexibility index (Phi) is 3.83. The number of carbonyl (C=O) groups excluding carboxylic acids is 2. The summed E-state index contributed by atoms with van der Waals surface area (Å²) >= 11 is 0. The molecular formula is C17H12N2O5. The Bertz CT molecular complexity index is 856. The lowest BCUT2D eigenvalue weighted by molar-refractivity contribution is -0.384. The Morgan fingerprint density at radius 3 is 2.25 bits per heavy atom. The first-order valence-electron chi connectivity index (χ1n) is 7.07. The van der Waals surface area contributed by atoms with E-state index < -0.39 is 22.7 Å². The van der Waals surface area contributed by atoms with Crippen LogP contribution < -0.4 is 5.32 Å². The number of hydrogen-bond acceptors (Lipinski definition) is 5. The molecule has 0 aliphatic carbocycles. The van der Waals surface area contributed by atoms with Crippen LogP contribution in [0.2, 0.25) is 0 Å². The van der Waals surface area contributed by atoms with Crippen molar-refractivity contribution in [3.8, 4) is 0 Å². The minimum absolute atomic E-state index is 0.0694. The van der Waals surface area contributed by atoms with E-state index in [-0.39, 0.29) is 22.6 Å². The fraction of sp³-hybridized carbons (Fsp3) is 0.0588. The maximum absolute atomic E-state index is 12.1. The molecule has 2 N–H and O–H groups in total.